The predicted octanol–water partition coefficient (Wildman–Crippen LogP) is 3.20. The third kappa shape index (κ3) is 2.37. The Bertz CT molecular complexity index is 297. The minimum Gasteiger partial charge on any atom is -0.275 e. The lowest BCUT2D eigenvalue weighted by Gasteiger charge is -2.23. The molecule has 0 bridgehead atoms. The van der Waals surface area contributed by atoms with Crippen molar-refractivity contribution in [2.75, 3.05) is 0 Å². The maximum absolute atomic E-state index is 4.40. The van der Waals surface area contributed by atoms with Gasteiger partial charge in [-0.3, -0.25) is 4.68 Å². The van der Waals surface area contributed by atoms with Crippen LogP contribution in [0.5, 0.6) is 0 Å². The summed E-state index contributed by atoms with van der Waals surface area (Å²) in [6, 6.07) is 0. The average molecular weight is 194 g/mol. The Morgan fingerprint density at radius 1 is 1.43 bits per heavy atom. The van der Waals surface area contributed by atoms with Gasteiger partial charge in [0.25, 0.3) is 0 Å². The third-order valence-electron chi connectivity index (χ3n) is 2.90. The molecule has 1 rings (SSSR count). The van der Waals surface area contributed by atoms with Gasteiger partial charge in [-0.25, -0.2) is 0 Å². The van der Waals surface area contributed by atoms with Crippen LogP contribution in [0.3, 0.4) is 0 Å². The highest BCUT2D eigenvalue weighted by molar-refractivity contribution is 5.24. The molecular formula is C12H22N2. The molecule has 1 aromatic heterocycles. The molecular weight excluding hydrogens is 172 g/mol. The van der Waals surface area contributed by atoms with E-state index < -0.39 is 0 Å². The Kier molecular flexibility index (Phi) is 3.35. The van der Waals surface area contributed by atoms with Crippen LogP contribution in [-0.4, -0.2) is 9.78 Å². The van der Waals surface area contributed by atoms with Gasteiger partial charge in [0.2, 0.25) is 0 Å². The molecule has 0 amide bonds. The molecule has 2 heteroatoms. The second-order valence-corrected chi connectivity index (χ2v) is 4.79. The molecule has 0 saturated heterocycles. The fourth-order valence-corrected chi connectivity index (χ4v) is 2.02. The van der Waals surface area contributed by atoms with Crippen LogP contribution < -0.4 is 0 Å². The van der Waals surface area contributed by atoms with E-state index in [1.807, 2.05) is 11.7 Å². The van der Waals surface area contributed by atoms with E-state index in [1.165, 1.54) is 30.5 Å². The summed E-state index contributed by atoms with van der Waals surface area (Å²) >= 11 is 0. The lowest BCUT2D eigenvalue weighted by molar-refractivity contribution is 0.455. The van der Waals surface area contributed by atoms with Gasteiger partial charge in [-0.2, -0.15) is 5.10 Å². The van der Waals surface area contributed by atoms with E-state index in [-0.39, 0.29) is 5.41 Å². The Morgan fingerprint density at radius 3 is 2.50 bits per heavy atom. The van der Waals surface area contributed by atoms with Crippen molar-refractivity contribution in [3.05, 3.63) is 17.5 Å². The van der Waals surface area contributed by atoms with E-state index in [9.17, 15) is 0 Å². The van der Waals surface area contributed by atoms with Gasteiger partial charge in [0.1, 0.15) is 0 Å². The molecule has 80 valence electrons. The molecule has 0 spiro atoms. The number of rotatable bonds is 4. The van der Waals surface area contributed by atoms with Gasteiger partial charge < -0.3 is 0 Å². The molecule has 0 aliphatic carbocycles. The highest BCUT2D eigenvalue weighted by Crippen LogP contribution is 2.30. The maximum atomic E-state index is 4.40. The first-order valence-electron chi connectivity index (χ1n) is 5.48. The average Bonchev–Trinajstić information content (AvgIpc) is 2.42. The summed E-state index contributed by atoms with van der Waals surface area (Å²) in [6.45, 7) is 8.97. The molecule has 0 fully saturated rings. The number of nitrogens with zero attached hydrogens (tertiary/aromatic N) is 2. The zero-order valence-electron chi connectivity index (χ0n) is 10.1. The fourth-order valence-electron chi connectivity index (χ4n) is 2.02. The van der Waals surface area contributed by atoms with Crippen LogP contribution in [0, 0.1) is 6.92 Å². The minimum atomic E-state index is 0.272. The first-order valence-corrected chi connectivity index (χ1v) is 5.48. The van der Waals surface area contributed by atoms with Crippen molar-refractivity contribution in [2.24, 2.45) is 7.05 Å². The Balaban J connectivity index is 2.85. The van der Waals surface area contributed by atoms with Gasteiger partial charge in [-0.15, -0.1) is 0 Å². The molecule has 0 aliphatic heterocycles. The molecule has 0 unspecified atom stereocenters. The number of hydrogen-bond donors (Lipinski definition) is 0. The molecule has 0 radical (unpaired) electrons. The minimum absolute atomic E-state index is 0.272. The van der Waals surface area contributed by atoms with Crippen LogP contribution in [0.1, 0.15) is 51.3 Å². The van der Waals surface area contributed by atoms with E-state index in [0.29, 0.717) is 0 Å². The predicted molar refractivity (Wildman–Crippen MR) is 60.5 cm³/mol. The number of unbranched alkanes of at least 4 members (excludes halogenated alkanes) is 1. The summed E-state index contributed by atoms with van der Waals surface area (Å²) in [4.78, 5) is 0. The van der Waals surface area contributed by atoms with Crippen molar-refractivity contribution in [3.8, 4) is 0 Å². The number of aromatic nitrogens is 2. The summed E-state index contributed by atoms with van der Waals surface area (Å²) in [6.07, 6.45) is 5.96. The van der Waals surface area contributed by atoms with Crippen LogP contribution in [0.15, 0.2) is 6.20 Å². The third-order valence-corrected chi connectivity index (χ3v) is 2.90. The summed E-state index contributed by atoms with van der Waals surface area (Å²) in [5.74, 6) is 0. The van der Waals surface area contributed by atoms with Gasteiger partial charge in [-0.1, -0.05) is 33.6 Å². The molecule has 1 aromatic rings. The van der Waals surface area contributed by atoms with Gasteiger partial charge in [0, 0.05) is 13.2 Å². The van der Waals surface area contributed by atoms with E-state index in [0.717, 1.165) is 0 Å². The summed E-state index contributed by atoms with van der Waals surface area (Å²) in [7, 11) is 1.99. The number of hydrogen-bond acceptors (Lipinski definition) is 1. The molecule has 0 atom stereocenters. The van der Waals surface area contributed by atoms with Gasteiger partial charge >= 0.3 is 0 Å². The molecule has 0 saturated carbocycles. The molecule has 0 aromatic carbocycles. The smallest absolute Gasteiger partial charge is 0.0630 e. The van der Waals surface area contributed by atoms with Crippen LogP contribution in [-0.2, 0) is 12.5 Å². The van der Waals surface area contributed by atoms with E-state index >= 15 is 0 Å². The first-order chi connectivity index (χ1) is 6.47. The van der Waals surface area contributed by atoms with Gasteiger partial charge in [0.15, 0.2) is 0 Å². The van der Waals surface area contributed by atoms with Crippen molar-refractivity contribution in [3.63, 3.8) is 0 Å². The second-order valence-electron chi connectivity index (χ2n) is 4.79. The summed E-state index contributed by atoms with van der Waals surface area (Å²) < 4.78 is 1.92. The molecule has 1 heterocycles. The molecule has 0 aliphatic rings. The van der Waals surface area contributed by atoms with E-state index in [1.54, 1.807) is 0 Å². The molecule has 14 heavy (non-hydrogen) atoms. The lowest BCUT2D eigenvalue weighted by Crippen LogP contribution is -2.17. The largest absolute Gasteiger partial charge is 0.275 e. The van der Waals surface area contributed by atoms with Crippen LogP contribution in [0.2, 0.25) is 0 Å². The lowest BCUT2D eigenvalue weighted by atomic mass is 9.80. The Morgan fingerprint density at radius 2 is 2.07 bits per heavy atom. The zero-order chi connectivity index (χ0) is 10.8. The van der Waals surface area contributed by atoms with E-state index in [2.05, 4.69) is 39.0 Å². The van der Waals surface area contributed by atoms with Crippen LogP contribution >= 0.6 is 0 Å². The van der Waals surface area contributed by atoms with Crippen molar-refractivity contribution < 1.29 is 0 Å². The van der Waals surface area contributed by atoms with Crippen molar-refractivity contribution in [2.45, 2.75) is 52.4 Å². The Labute approximate surface area is 87.3 Å². The summed E-state index contributed by atoms with van der Waals surface area (Å²) in [5.41, 5.74) is 2.84. The first kappa shape index (κ1) is 11.3. The highest BCUT2D eigenvalue weighted by Gasteiger charge is 2.23. The maximum Gasteiger partial charge on any atom is 0.0630 e. The SMILES string of the molecule is CCCCC(C)(C)c1cn(C)nc1C. The van der Waals surface area contributed by atoms with Crippen molar-refractivity contribution >= 4 is 0 Å². The molecule has 2 nitrogen and oxygen atoms in total. The van der Waals surface area contributed by atoms with Crippen LogP contribution in [0.25, 0.3) is 0 Å². The fraction of sp³-hybridized carbons (Fsp3) is 0.750. The Hall–Kier alpha value is -0.790. The van der Waals surface area contributed by atoms with E-state index in [4.69, 9.17) is 0 Å². The zero-order valence-corrected chi connectivity index (χ0v) is 10.1. The van der Waals surface area contributed by atoms with Crippen molar-refractivity contribution in [1.82, 2.24) is 9.78 Å². The van der Waals surface area contributed by atoms with Gasteiger partial charge in [0.05, 0.1) is 5.69 Å². The monoisotopic (exact) mass is 194 g/mol. The molecule has 0 N–H and O–H groups in total. The quantitative estimate of drug-likeness (QED) is 0.719. The van der Waals surface area contributed by atoms with Gasteiger partial charge in [-0.05, 0) is 24.3 Å². The second kappa shape index (κ2) is 4.16. The number of aryl methyl sites for hydroxylation is 2. The standard InChI is InChI=1S/C12H22N2/c1-6-7-8-12(3,4)11-9-14(5)13-10(11)2/h9H,6-8H2,1-5H3. The summed E-state index contributed by atoms with van der Waals surface area (Å²) in [5, 5.41) is 4.40. The van der Waals surface area contributed by atoms with Crippen LogP contribution in [0.4, 0.5) is 0 Å². The highest BCUT2D eigenvalue weighted by atomic mass is 15.2. The van der Waals surface area contributed by atoms with Crippen molar-refractivity contribution in [1.29, 1.82) is 0 Å². The normalized spacial score (nSPS) is 12.1. The topological polar surface area (TPSA) is 17.8 Å².